The Morgan fingerprint density at radius 3 is 3.06 bits per heavy atom. The molecule has 0 aliphatic rings. The zero-order chi connectivity index (χ0) is 12.4. The van der Waals surface area contributed by atoms with Gasteiger partial charge in [0.15, 0.2) is 0 Å². The average Bonchev–Trinajstić information content (AvgIpc) is 2.89. The van der Waals surface area contributed by atoms with Gasteiger partial charge in [-0.05, 0) is 50.5 Å². The van der Waals surface area contributed by atoms with Crippen LogP contribution in [0.15, 0.2) is 45.8 Å². The number of halogens is 1. The Morgan fingerprint density at radius 1 is 1.28 bits per heavy atom. The molecule has 1 N–H and O–H groups in total. The Bertz CT molecular complexity index is 667. The number of nitrogens with zero attached hydrogens (tertiary/aromatic N) is 2. The van der Waals surface area contributed by atoms with E-state index < -0.39 is 0 Å². The minimum atomic E-state index is 0.806. The summed E-state index contributed by atoms with van der Waals surface area (Å²) in [5, 5.41) is 7.62. The molecule has 3 nitrogen and oxygen atoms in total. The van der Waals surface area contributed by atoms with Crippen molar-refractivity contribution in [3.63, 3.8) is 0 Å². The number of rotatable bonds is 3. The van der Waals surface area contributed by atoms with Crippen molar-refractivity contribution in [3.8, 4) is 0 Å². The Hall–Kier alpha value is -1.46. The van der Waals surface area contributed by atoms with Crippen LogP contribution in [0.2, 0.25) is 0 Å². The van der Waals surface area contributed by atoms with Crippen LogP contribution in [0.25, 0.3) is 11.0 Å². The number of nitrogens with one attached hydrogen (secondary N) is 1. The van der Waals surface area contributed by atoms with Gasteiger partial charge >= 0.3 is 0 Å². The molecule has 0 atom stereocenters. The topological polar surface area (TPSA) is 37.8 Å². The summed E-state index contributed by atoms with van der Waals surface area (Å²) in [4.78, 5) is 8.73. The van der Waals surface area contributed by atoms with Crippen molar-refractivity contribution in [1.29, 1.82) is 0 Å². The molecule has 0 unspecified atom stereocenters. The molecule has 3 aromatic heterocycles. The number of pyridine rings is 2. The summed E-state index contributed by atoms with van der Waals surface area (Å²) in [5.41, 5.74) is 4.08. The lowest BCUT2D eigenvalue weighted by Crippen LogP contribution is -2.00. The second-order valence-electron chi connectivity index (χ2n) is 3.86. The largest absolute Gasteiger partial charge is 0.379 e. The van der Waals surface area contributed by atoms with E-state index in [1.165, 1.54) is 5.56 Å². The standard InChI is InChI=1S/C13H10BrN3S/c14-10-5-12-13(17-7-10)11(1-3-15-12)16-6-9-2-4-18-8-9/h1-5,7-8H,6H2,(H,15,16). The van der Waals surface area contributed by atoms with Gasteiger partial charge in [0.25, 0.3) is 0 Å². The molecule has 0 amide bonds. The molecule has 3 rings (SSSR count). The number of aromatic nitrogens is 2. The summed E-state index contributed by atoms with van der Waals surface area (Å²) < 4.78 is 0.942. The van der Waals surface area contributed by atoms with Crippen molar-refractivity contribution in [2.24, 2.45) is 0 Å². The molecule has 0 aromatic carbocycles. The number of hydrogen-bond acceptors (Lipinski definition) is 4. The van der Waals surface area contributed by atoms with Gasteiger partial charge in [-0.2, -0.15) is 11.3 Å². The van der Waals surface area contributed by atoms with E-state index in [1.54, 1.807) is 23.7 Å². The first kappa shape index (κ1) is 11.6. The summed E-state index contributed by atoms with van der Waals surface area (Å²) >= 11 is 5.11. The van der Waals surface area contributed by atoms with Gasteiger partial charge < -0.3 is 5.32 Å². The minimum absolute atomic E-state index is 0.806. The zero-order valence-corrected chi connectivity index (χ0v) is 11.8. The van der Waals surface area contributed by atoms with Gasteiger partial charge in [-0.3, -0.25) is 9.97 Å². The van der Waals surface area contributed by atoms with Crippen LogP contribution in [-0.4, -0.2) is 9.97 Å². The lowest BCUT2D eigenvalue weighted by Gasteiger charge is -2.07. The van der Waals surface area contributed by atoms with Crippen LogP contribution in [0.4, 0.5) is 5.69 Å². The van der Waals surface area contributed by atoms with Crippen molar-refractivity contribution in [3.05, 3.63) is 51.4 Å². The molecule has 0 bridgehead atoms. The molecule has 5 heteroatoms. The first-order chi connectivity index (χ1) is 8.83. The summed E-state index contributed by atoms with van der Waals surface area (Å²) in [6.45, 7) is 0.806. The highest BCUT2D eigenvalue weighted by Crippen LogP contribution is 2.22. The molecular formula is C13H10BrN3S. The van der Waals surface area contributed by atoms with Gasteiger partial charge in [0.05, 0.1) is 11.2 Å². The van der Waals surface area contributed by atoms with Crippen LogP contribution < -0.4 is 5.32 Å². The van der Waals surface area contributed by atoms with Crippen LogP contribution in [0, 0.1) is 0 Å². The first-order valence-corrected chi connectivity index (χ1v) is 7.22. The monoisotopic (exact) mass is 319 g/mol. The van der Waals surface area contributed by atoms with E-state index in [-0.39, 0.29) is 0 Å². The van der Waals surface area contributed by atoms with E-state index in [0.29, 0.717) is 0 Å². The first-order valence-electron chi connectivity index (χ1n) is 5.48. The van der Waals surface area contributed by atoms with Gasteiger partial charge in [-0.1, -0.05) is 0 Å². The lowest BCUT2D eigenvalue weighted by molar-refractivity contribution is 1.16. The predicted molar refractivity (Wildman–Crippen MR) is 78.9 cm³/mol. The molecule has 0 saturated carbocycles. The molecule has 0 aliphatic heterocycles. The molecule has 3 aromatic rings. The van der Waals surface area contributed by atoms with Crippen LogP contribution in [0.1, 0.15) is 5.56 Å². The van der Waals surface area contributed by atoms with Gasteiger partial charge in [0.2, 0.25) is 0 Å². The fourth-order valence-electron chi connectivity index (χ4n) is 1.74. The zero-order valence-electron chi connectivity index (χ0n) is 9.43. The Kier molecular flexibility index (Phi) is 3.25. The molecule has 0 saturated heterocycles. The summed E-state index contributed by atoms with van der Waals surface area (Å²) in [5.74, 6) is 0. The maximum atomic E-state index is 4.41. The van der Waals surface area contributed by atoms with Crippen LogP contribution in [0.3, 0.4) is 0 Å². The third kappa shape index (κ3) is 2.37. The molecule has 0 radical (unpaired) electrons. The fourth-order valence-corrected chi connectivity index (χ4v) is 2.73. The smallest absolute Gasteiger partial charge is 0.112 e. The van der Waals surface area contributed by atoms with Gasteiger partial charge in [-0.25, -0.2) is 0 Å². The van der Waals surface area contributed by atoms with Crippen molar-refractivity contribution >= 4 is 44.0 Å². The molecule has 0 aliphatic carbocycles. The quantitative estimate of drug-likeness (QED) is 0.790. The number of hydrogen-bond donors (Lipinski definition) is 1. The van der Waals surface area contributed by atoms with Crippen molar-refractivity contribution < 1.29 is 0 Å². The van der Waals surface area contributed by atoms with Gasteiger partial charge in [0.1, 0.15) is 5.52 Å². The third-order valence-corrected chi connectivity index (χ3v) is 3.77. The number of thiophene rings is 1. The highest BCUT2D eigenvalue weighted by atomic mass is 79.9. The SMILES string of the molecule is Brc1cnc2c(NCc3ccsc3)ccnc2c1. The number of anilines is 1. The minimum Gasteiger partial charge on any atom is -0.379 e. The summed E-state index contributed by atoms with van der Waals surface area (Å²) in [6.07, 6.45) is 3.59. The Balaban J connectivity index is 1.92. The summed E-state index contributed by atoms with van der Waals surface area (Å²) in [7, 11) is 0. The van der Waals surface area contributed by atoms with E-state index in [2.05, 4.69) is 48.0 Å². The maximum absolute atomic E-state index is 4.41. The molecule has 3 heterocycles. The normalized spacial score (nSPS) is 10.7. The highest BCUT2D eigenvalue weighted by Gasteiger charge is 2.03. The average molecular weight is 320 g/mol. The fraction of sp³-hybridized carbons (Fsp3) is 0.0769. The predicted octanol–water partition coefficient (Wildman–Crippen LogP) is 4.07. The van der Waals surface area contributed by atoms with E-state index in [0.717, 1.165) is 27.7 Å². The maximum Gasteiger partial charge on any atom is 0.112 e. The molecule has 90 valence electrons. The molecule has 0 spiro atoms. The Morgan fingerprint density at radius 2 is 2.22 bits per heavy atom. The Labute approximate surface area is 117 Å². The molecule has 0 fully saturated rings. The van der Waals surface area contributed by atoms with Crippen molar-refractivity contribution in [1.82, 2.24) is 9.97 Å². The van der Waals surface area contributed by atoms with E-state index >= 15 is 0 Å². The van der Waals surface area contributed by atoms with E-state index in [9.17, 15) is 0 Å². The van der Waals surface area contributed by atoms with Gasteiger partial charge in [0, 0.05) is 23.4 Å². The molecule has 18 heavy (non-hydrogen) atoms. The third-order valence-electron chi connectivity index (χ3n) is 2.61. The van der Waals surface area contributed by atoms with E-state index in [1.807, 2.05) is 12.1 Å². The van der Waals surface area contributed by atoms with Crippen molar-refractivity contribution in [2.45, 2.75) is 6.54 Å². The highest BCUT2D eigenvalue weighted by molar-refractivity contribution is 9.10. The van der Waals surface area contributed by atoms with Crippen LogP contribution >= 0.6 is 27.3 Å². The second kappa shape index (κ2) is 5.04. The summed E-state index contributed by atoms with van der Waals surface area (Å²) in [6, 6.07) is 6.04. The van der Waals surface area contributed by atoms with Crippen LogP contribution in [-0.2, 0) is 6.54 Å². The van der Waals surface area contributed by atoms with Gasteiger partial charge in [-0.15, -0.1) is 0 Å². The second-order valence-corrected chi connectivity index (χ2v) is 5.56. The van der Waals surface area contributed by atoms with Crippen molar-refractivity contribution in [2.75, 3.05) is 5.32 Å². The number of fused-ring (bicyclic) bond motifs is 1. The van der Waals surface area contributed by atoms with Crippen LogP contribution in [0.5, 0.6) is 0 Å². The molecular weight excluding hydrogens is 310 g/mol. The lowest BCUT2D eigenvalue weighted by atomic mass is 10.2. The van der Waals surface area contributed by atoms with E-state index in [4.69, 9.17) is 0 Å².